The van der Waals surface area contributed by atoms with Crippen molar-refractivity contribution in [2.45, 2.75) is 0 Å². The molecular formula is C13H6F4O2. The molecule has 1 N–H and O–H groups in total. The predicted octanol–water partition coefficient (Wildman–Crippen LogP) is 3.61. The highest BCUT2D eigenvalue weighted by molar-refractivity contribution is 5.88. The van der Waals surface area contributed by atoms with Crippen LogP contribution in [0.25, 0.3) is 11.1 Å². The molecule has 6 heteroatoms. The first-order valence-corrected chi connectivity index (χ1v) is 5.08. The maximum atomic E-state index is 13.5. The first-order valence-electron chi connectivity index (χ1n) is 5.08. The lowest BCUT2D eigenvalue weighted by molar-refractivity contribution is 0.0692. The van der Waals surface area contributed by atoms with Gasteiger partial charge < -0.3 is 5.11 Å². The minimum atomic E-state index is -1.67. The first-order chi connectivity index (χ1) is 8.91. The van der Waals surface area contributed by atoms with Gasteiger partial charge in [-0.1, -0.05) is 6.07 Å². The van der Waals surface area contributed by atoms with Crippen LogP contribution < -0.4 is 0 Å². The van der Waals surface area contributed by atoms with Gasteiger partial charge in [-0.15, -0.1) is 0 Å². The van der Waals surface area contributed by atoms with Crippen molar-refractivity contribution in [3.05, 3.63) is 59.2 Å². The van der Waals surface area contributed by atoms with Crippen LogP contribution in [0, 0.1) is 23.3 Å². The highest BCUT2D eigenvalue weighted by atomic mass is 19.2. The molecule has 0 saturated heterocycles. The van der Waals surface area contributed by atoms with Gasteiger partial charge in [-0.05, 0) is 29.8 Å². The average molecular weight is 270 g/mol. The van der Waals surface area contributed by atoms with Crippen molar-refractivity contribution in [1.82, 2.24) is 0 Å². The van der Waals surface area contributed by atoms with E-state index in [0.29, 0.717) is 6.07 Å². The Labute approximate surface area is 104 Å². The summed E-state index contributed by atoms with van der Waals surface area (Å²) in [7, 11) is 0. The summed E-state index contributed by atoms with van der Waals surface area (Å²) in [5.74, 6) is -7.05. The fraction of sp³-hybridized carbons (Fsp3) is 0. The zero-order valence-electron chi connectivity index (χ0n) is 9.25. The number of benzene rings is 2. The fourth-order valence-corrected chi connectivity index (χ4v) is 1.60. The molecule has 0 aliphatic rings. The molecule has 0 aromatic heterocycles. The molecule has 0 heterocycles. The molecule has 2 aromatic carbocycles. The first kappa shape index (κ1) is 13.1. The lowest BCUT2D eigenvalue weighted by Gasteiger charge is -2.06. The van der Waals surface area contributed by atoms with Gasteiger partial charge in [0.2, 0.25) is 0 Å². The summed E-state index contributed by atoms with van der Waals surface area (Å²) in [6.45, 7) is 0. The number of hydrogen-bond acceptors (Lipinski definition) is 1. The quantitative estimate of drug-likeness (QED) is 0.668. The van der Waals surface area contributed by atoms with E-state index in [4.69, 9.17) is 5.11 Å². The van der Waals surface area contributed by atoms with Gasteiger partial charge in [-0.2, -0.15) is 0 Å². The molecule has 0 spiro atoms. The van der Waals surface area contributed by atoms with Gasteiger partial charge in [-0.3, -0.25) is 0 Å². The topological polar surface area (TPSA) is 37.3 Å². The van der Waals surface area contributed by atoms with E-state index in [1.165, 1.54) is 0 Å². The van der Waals surface area contributed by atoms with Gasteiger partial charge in [0.15, 0.2) is 17.5 Å². The second-order valence-electron chi connectivity index (χ2n) is 3.72. The molecule has 0 aliphatic carbocycles. The van der Waals surface area contributed by atoms with E-state index in [2.05, 4.69) is 0 Å². The smallest absolute Gasteiger partial charge is 0.338 e. The van der Waals surface area contributed by atoms with Crippen molar-refractivity contribution in [1.29, 1.82) is 0 Å². The SMILES string of the molecule is O=C(O)c1ccc(-c2ccc(F)c(F)c2F)cc1F. The van der Waals surface area contributed by atoms with Gasteiger partial charge >= 0.3 is 5.97 Å². The van der Waals surface area contributed by atoms with Crippen molar-refractivity contribution >= 4 is 5.97 Å². The van der Waals surface area contributed by atoms with Gasteiger partial charge in [-0.25, -0.2) is 22.4 Å². The van der Waals surface area contributed by atoms with Crippen molar-refractivity contribution < 1.29 is 27.5 Å². The van der Waals surface area contributed by atoms with E-state index in [1.807, 2.05) is 0 Å². The maximum Gasteiger partial charge on any atom is 0.338 e. The maximum absolute atomic E-state index is 13.5. The fourth-order valence-electron chi connectivity index (χ4n) is 1.60. The van der Waals surface area contributed by atoms with Crippen LogP contribution in [-0.2, 0) is 0 Å². The van der Waals surface area contributed by atoms with Gasteiger partial charge in [0.25, 0.3) is 0 Å². The van der Waals surface area contributed by atoms with Crippen LogP contribution in [0.2, 0.25) is 0 Å². The number of halogens is 4. The molecule has 0 unspecified atom stereocenters. The van der Waals surface area contributed by atoms with Gasteiger partial charge in [0.1, 0.15) is 5.82 Å². The highest BCUT2D eigenvalue weighted by Crippen LogP contribution is 2.27. The minimum absolute atomic E-state index is 0.0844. The number of carbonyl (C=O) groups is 1. The zero-order chi connectivity index (χ0) is 14.2. The second-order valence-corrected chi connectivity index (χ2v) is 3.72. The minimum Gasteiger partial charge on any atom is -0.478 e. The molecule has 0 amide bonds. The van der Waals surface area contributed by atoms with E-state index >= 15 is 0 Å². The van der Waals surface area contributed by atoms with Crippen LogP contribution in [-0.4, -0.2) is 11.1 Å². The Morgan fingerprint density at radius 2 is 1.58 bits per heavy atom. The molecule has 0 bridgehead atoms. The number of hydrogen-bond donors (Lipinski definition) is 1. The summed E-state index contributed by atoms with van der Waals surface area (Å²) >= 11 is 0. The molecule has 0 atom stereocenters. The lowest BCUT2D eigenvalue weighted by atomic mass is 10.0. The molecule has 0 fully saturated rings. The predicted molar refractivity (Wildman–Crippen MR) is 58.7 cm³/mol. The van der Waals surface area contributed by atoms with Crippen LogP contribution in [0.15, 0.2) is 30.3 Å². The van der Waals surface area contributed by atoms with Gasteiger partial charge in [0, 0.05) is 5.56 Å². The van der Waals surface area contributed by atoms with Crippen molar-refractivity contribution in [2.75, 3.05) is 0 Å². The molecular weight excluding hydrogens is 264 g/mol. The third-order valence-electron chi connectivity index (χ3n) is 2.55. The summed E-state index contributed by atoms with van der Waals surface area (Å²) in [5.41, 5.74) is -1.03. The van der Waals surface area contributed by atoms with E-state index < -0.39 is 34.8 Å². The van der Waals surface area contributed by atoms with Crippen molar-refractivity contribution in [3.8, 4) is 11.1 Å². The largest absolute Gasteiger partial charge is 0.478 e. The molecule has 2 aromatic rings. The number of carboxylic acid groups (broad SMARTS) is 1. The lowest BCUT2D eigenvalue weighted by Crippen LogP contribution is -2.01. The van der Waals surface area contributed by atoms with E-state index in [0.717, 1.165) is 24.3 Å². The average Bonchev–Trinajstić information content (AvgIpc) is 2.35. The molecule has 2 rings (SSSR count). The summed E-state index contributed by atoms with van der Waals surface area (Å²) in [6, 6.07) is 4.44. The normalized spacial score (nSPS) is 10.5. The molecule has 19 heavy (non-hydrogen) atoms. The van der Waals surface area contributed by atoms with Crippen molar-refractivity contribution in [2.24, 2.45) is 0 Å². The molecule has 0 radical (unpaired) electrons. The Morgan fingerprint density at radius 1 is 0.895 bits per heavy atom. The molecule has 0 saturated carbocycles. The second kappa shape index (κ2) is 4.72. The Hall–Kier alpha value is -2.37. The summed E-state index contributed by atoms with van der Waals surface area (Å²) in [5, 5.41) is 8.64. The van der Waals surface area contributed by atoms with Crippen LogP contribution >= 0.6 is 0 Å². The summed E-state index contributed by atoms with van der Waals surface area (Å²) in [4.78, 5) is 10.6. The zero-order valence-corrected chi connectivity index (χ0v) is 9.25. The monoisotopic (exact) mass is 270 g/mol. The standard InChI is InChI=1S/C13H6F4O2/c14-9-4-3-7(11(16)12(9)17)6-1-2-8(13(18)19)10(15)5-6/h1-5H,(H,18,19). The van der Waals surface area contributed by atoms with Crippen LogP contribution in [0.1, 0.15) is 10.4 Å². The number of carboxylic acids is 1. The third kappa shape index (κ3) is 2.29. The van der Waals surface area contributed by atoms with Crippen molar-refractivity contribution in [3.63, 3.8) is 0 Å². The number of aromatic carboxylic acids is 1. The molecule has 2 nitrogen and oxygen atoms in total. The van der Waals surface area contributed by atoms with E-state index in [1.54, 1.807) is 0 Å². The van der Waals surface area contributed by atoms with Crippen LogP contribution in [0.4, 0.5) is 17.6 Å². The Kier molecular flexibility index (Phi) is 3.25. The summed E-state index contributed by atoms with van der Waals surface area (Å²) in [6.07, 6.45) is 0. The third-order valence-corrected chi connectivity index (χ3v) is 2.55. The number of rotatable bonds is 2. The van der Waals surface area contributed by atoms with Crippen LogP contribution in [0.5, 0.6) is 0 Å². The highest BCUT2D eigenvalue weighted by Gasteiger charge is 2.17. The summed E-state index contributed by atoms with van der Waals surface area (Å²) < 4.78 is 52.7. The van der Waals surface area contributed by atoms with Crippen LogP contribution in [0.3, 0.4) is 0 Å². The Bertz CT molecular complexity index is 668. The Morgan fingerprint density at radius 3 is 2.16 bits per heavy atom. The molecule has 98 valence electrons. The van der Waals surface area contributed by atoms with Gasteiger partial charge in [0.05, 0.1) is 5.56 Å². The van der Waals surface area contributed by atoms with E-state index in [-0.39, 0.29) is 11.1 Å². The van der Waals surface area contributed by atoms with E-state index in [9.17, 15) is 22.4 Å². The molecule has 0 aliphatic heterocycles. The Balaban J connectivity index is 2.58.